The fourth-order valence-corrected chi connectivity index (χ4v) is 6.91. The van der Waals surface area contributed by atoms with E-state index in [9.17, 15) is 8.42 Å². The van der Waals surface area contributed by atoms with Crippen LogP contribution in [0.3, 0.4) is 0 Å². The molecule has 0 fully saturated rings. The lowest BCUT2D eigenvalue weighted by Crippen LogP contribution is -2.22. The number of benzene rings is 3. The molecular formula is C30H34O6S. The van der Waals surface area contributed by atoms with Crippen LogP contribution in [-0.2, 0) is 29.4 Å². The summed E-state index contributed by atoms with van der Waals surface area (Å²) in [6, 6.07) is 18.4. The monoisotopic (exact) mass is 522 g/mol. The Bertz CT molecular complexity index is 1350. The number of hydrogen-bond acceptors (Lipinski definition) is 6. The zero-order chi connectivity index (χ0) is 26.0. The van der Waals surface area contributed by atoms with Gasteiger partial charge in [-0.15, -0.1) is 0 Å². The first-order valence-electron chi connectivity index (χ1n) is 12.9. The number of methoxy groups -OCH3 is 1. The summed E-state index contributed by atoms with van der Waals surface area (Å²) in [6.45, 7) is 2.53. The molecule has 0 saturated heterocycles. The van der Waals surface area contributed by atoms with Crippen molar-refractivity contribution in [2.75, 3.05) is 20.3 Å². The number of hydrogen-bond donors (Lipinski definition) is 1. The molecule has 0 spiro atoms. The first-order valence-corrected chi connectivity index (χ1v) is 14.3. The number of aryl methyl sites for hydroxylation is 1. The van der Waals surface area contributed by atoms with Crippen molar-refractivity contribution in [3.05, 3.63) is 82.9 Å². The van der Waals surface area contributed by atoms with Crippen LogP contribution in [0.25, 0.3) is 0 Å². The van der Waals surface area contributed by atoms with E-state index in [1.165, 1.54) is 11.1 Å². The molecular weight excluding hydrogens is 488 g/mol. The van der Waals surface area contributed by atoms with Crippen LogP contribution < -0.4 is 13.7 Å². The van der Waals surface area contributed by atoms with Gasteiger partial charge in [0.2, 0.25) is 0 Å². The van der Waals surface area contributed by atoms with Gasteiger partial charge in [-0.1, -0.05) is 37.3 Å². The number of ether oxygens (including phenoxy) is 2. The topological polar surface area (TPSA) is 82.1 Å². The molecule has 3 aromatic carbocycles. The van der Waals surface area contributed by atoms with Gasteiger partial charge < -0.3 is 18.8 Å². The predicted molar refractivity (Wildman–Crippen MR) is 142 cm³/mol. The average molecular weight is 523 g/mol. The zero-order valence-corrected chi connectivity index (χ0v) is 22.2. The molecule has 5 rings (SSSR count). The molecule has 37 heavy (non-hydrogen) atoms. The summed E-state index contributed by atoms with van der Waals surface area (Å²) in [5.41, 5.74) is 4.65. The van der Waals surface area contributed by atoms with E-state index in [2.05, 4.69) is 25.1 Å². The van der Waals surface area contributed by atoms with E-state index < -0.39 is 10.1 Å². The fourth-order valence-electron chi connectivity index (χ4n) is 5.92. The van der Waals surface area contributed by atoms with E-state index in [1.54, 1.807) is 37.4 Å². The summed E-state index contributed by atoms with van der Waals surface area (Å²) in [4.78, 5) is 0.121. The standard InChI is InChI=1S/C30H34O6S/c1-20-16-28-22(10-13-29(34-2)30(28)36-37(32,33)26-6-4-3-5-7-26)18-24-17-21(20)8-9-23-19-25(35-15-14-31)11-12-27(23)24/h3-7,10-13,19-21,24,31H,8-9,14-18H2,1-2H3. The maximum absolute atomic E-state index is 13.2. The second-order valence-corrected chi connectivity index (χ2v) is 11.7. The smallest absolute Gasteiger partial charge is 0.339 e. The van der Waals surface area contributed by atoms with Crippen molar-refractivity contribution < 1.29 is 27.2 Å². The Balaban J connectivity index is 1.55. The van der Waals surface area contributed by atoms with E-state index >= 15 is 0 Å². The minimum Gasteiger partial charge on any atom is -0.493 e. The highest BCUT2D eigenvalue weighted by Crippen LogP contribution is 2.46. The van der Waals surface area contributed by atoms with Gasteiger partial charge in [0, 0.05) is 5.56 Å². The molecule has 0 heterocycles. The molecule has 3 aromatic rings. The van der Waals surface area contributed by atoms with Crippen molar-refractivity contribution >= 4 is 10.1 Å². The van der Waals surface area contributed by atoms with Crippen LogP contribution in [0.1, 0.15) is 47.9 Å². The van der Waals surface area contributed by atoms with Gasteiger partial charge >= 0.3 is 10.1 Å². The Kier molecular flexibility index (Phi) is 7.45. The molecule has 0 amide bonds. The average Bonchev–Trinajstić information content (AvgIpc) is 3.09. The Labute approximate surface area is 219 Å². The quantitative estimate of drug-likeness (QED) is 0.424. The highest BCUT2D eigenvalue weighted by atomic mass is 32.2. The maximum atomic E-state index is 13.2. The third-order valence-corrected chi connectivity index (χ3v) is 9.08. The third kappa shape index (κ3) is 5.34. The molecule has 0 saturated carbocycles. The number of fused-ring (bicyclic) bond motifs is 5. The van der Waals surface area contributed by atoms with Crippen molar-refractivity contribution in [1.29, 1.82) is 0 Å². The molecule has 2 bridgehead atoms. The van der Waals surface area contributed by atoms with Gasteiger partial charge in [0.05, 0.1) is 13.7 Å². The van der Waals surface area contributed by atoms with E-state index in [-0.39, 0.29) is 18.1 Å². The van der Waals surface area contributed by atoms with Gasteiger partial charge in [0.15, 0.2) is 11.5 Å². The second kappa shape index (κ2) is 10.8. The summed E-state index contributed by atoms with van der Waals surface area (Å²) in [5, 5.41) is 9.13. The summed E-state index contributed by atoms with van der Waals surface area (Å²) in [7, 11) is -2.47. The van der Waals surface area contributed by atoms with Crippen molar-refractivity contribution in [3.63, 3.8) is 0 Å². The Morgan fingerprint density at radius 2 is 1.81 bits per heavy atom. The van der Waals surface area contributed by atoms with E-state index in [0.29, 0.717) is 29.3 Å². The minimum atomic E-state index is -4.02. The molecule has 7 heteroatoms. The Morgan fingerprint density at radius 3 is 2.57 bits per heavy atom. The van der Waals surface area contributed by atoms with Crippen LogP contribution in [0.2, 0.25) is 0 Å². The molecule has 0 aromatic heterocycles. The maximum Gasteiger partial charge on any atom is 0.339 e. The molecule has 3 unspecified atom stereocenters. The number of rotatable bonds is 7. The lowest BCUT2D eigenvalue weighted by Gasteiger charge is -2.32. The highest BCUT2D eigenvalue weighted by Gasteiger charge is 2.34. The molecule has 2 aliphatic carbocycles. The molecule has 6 nitrogen and oxygen atoms in total. The van der Waals surface area contributed by atoms with Crippen LogP contribution >= 0.6 is 0 Å². The van der Waals surface area contributed by atoms with E-state index in [4.69, 9.17) is 18.8 Å². The fraction of sp³-hybridized carbons (Fsp3) is 0.400. The van der Waals surface area contributed by atoms with E-state index in [1.807, 2.05) is 12.1 Å². The third-order valence-electron chi connectivity index (χ3n) is 7.85. The molecule has 2 aliphatic rings. The zero-order valence-electron chi connectivity index (χ0n) is 21.4. The normalized spacial score (nSPS) is 21.0. The second-order valence-electron chi connectivity index (χ2n) is 10.1. The van der Waals surface area contributed by atoms with Crippen LogP contribution in [0, 0.1) is 11.8 Å². The van der Waals surface area contributed by atoms with Crippen LogP contribution in [0.4, 0.5) is 0 Å². The van der Waals surface area contributed by atoms with Crippen LogP contribution in [0.5, 0.6) is 17.2 Å². The summed E-state index contributed by atoms with van der Waals surface area (Å²) in [5.74, 6) is 2.68. The first kappa shape index (κ1) is 25.6. The Morgan fingerprint density at radius 1 is 1.00 bits per heavy atom. The molecule has 0 aliphatic heterocycles. The highest BCUT2D eigenvalue weighted by molar-refractivity contribution is 7.87. The molecule has 196 valence electrons. The molecule has 3 atom stereocenters. The number of aliphatic hydroxyl groups is 1. The lowest BCUT2D eigenvalue weighted by molar-refractivity contribution is 0.201. The largest absolute Gasteiger partial charge is 0.493 e. The molecule has 1 N–H and O–H groups in total. The summed E-state index contributed by atoms with van der Waals surface area (Å²) >= 11 is 0. The van der Waals surface area contributed by atoms with Gasteiger partial charge in [0.1, 0.15) is 17.3 Å². The minimum absolute atomic E-state index is 0.00998. The van der Waals surface area contributed by atoms with E-state index in [0.717, 1.165) is 49.0 Å². The number of aliphatic hydroxyl groups excluding tert-OH is 1. The van der Waals surface area contributed by atoms with Gasteiger partial charge in [-0.05, 0) is 96.9 Å². The van der Waals surface area contributed by atoms with Crippen molar-refractivity contribution in [2.45, 2.75) is 49.8 Å². The summed E-state index contributed by atoms with van der Waals surface area (Å²) < 4.78 is 43.5. The van der Waals surface area contributed by atoms with Crippen molar-refractivity contribution in [1.82, 2.24) is 0 Å². The lowest BCUT2D eigenvalue weighted by atomic mass is 9.74. The molecule has 0 radical (unpaired) electrons. The van der Waals surface area contributed by atoms with Crippen LogP contribution in [-0.4, -0.2) is 33.8 Å². The summed E-state index contributed by atoms with van der Waals surface area (Å²) in [6.07, 6.45) is 4.66. The van der Waals surface area contributed by atoms with Gasteiger partial charge in [0.25, 0.3) is 0 Å². The van der Waals surface area contributed by atoms with Gasteiger partial charge in [-0.2, -0.15) is 8.42 Å². The van der Waals surface area contributed by atoms with Gasteiger partial charge in [-0.25, -0.2) is 0 Å². The SMILES string of the molecule is COc1ccc2c(c1OS(=O)(=O)c1ccccc1)CC(C)C1CCc3cc(OCCO)ccc3C(C2)C1. The predicted octanol–water partition coefficient (Wildman–Crippen LogP) is 5.31. The van der Waals surface area contributed by atoms with Crippen LogP contribution in [0.15, 0.2) is 65.6 Å². The van der Waals surface area contributed by atoms with Gasteiger partial charge in [-0.3, -0.25) is 0 Å². The Hall–Kier alpha value is -3.03. The van der Waals surface area contributed by atoms with Crippen molar-refractivity contribution in [2.24, 2.45) is 11.8 Å². The van der Waals surface area contributed by atoms with Crippen molar-refractivity contribution in [3.8, 4) is 17.2 Å². The first-order chi connectivity index (χ1) is 17.9.